The molecule has 0 saturated carbocycles. The topological polar surface area (TPSA) is 113 Å². The number of methoxy groups -OCH3 is 1. The Morgan fingerprint density at radius 1 is 1.25 bits per heavy atom. The largest absolute Gasteiger partial charge is 0.496 e. The van der Waals surface area contributed by atoms with E-state index < -0.39 is 35.5 Å². The van der Waals surface area contributed by atoms with Gasteiger partial charge in [0, 0.05) is 17.1 Å². The lowest BCUT2D eigenvalue weighted by atomic mass is 9.87. The van der Waals surface area contributed by atoms with Crippen molar-refractivity contribution in [3.63, 3.8) is 0 Å². The monoisotopic (exact) mass is 504 g/mol. The molecule has 2 atom stereocenters. The number of aromatic amines is 2. The molecule has 8 nitrogen and oxygen atoms in total. The Balaban J connectivity index is 2.12. The molecule has 0 amide bonds. The van der Waals surface area contributed by atoms with Crippen molar-refractivity contribution < 1.29 is 36.6 Å². The number of carbonyl (C=O) groups is 1. The second-order valence-electron chi connectivity index (χ2n) is 7.83. The van der Waals surface area contributed by atoms with E-state index in [0.29, 0.717) is 11.1 Å². The Morgan fingerprint density at radius 2 is 2.00 bits per heavy atom. The van der Waals surface area contributed by atoms with Crippen LogP contribution in [0.3, 0.4) is 0 Å². The van der Waals surface area contributed by atoms with Gasteiger partial charge in [-0.05, 0) is 49.7 Å². The molecule has 0 saturated heterocycles. The minimum Gasteiger partial charge on any atom is -0.496 e. The number of benzene rings is 2. The van der Waals surface area contributed by atoms with E-state index in [9.17, 15) is 10.1 Å². The van der Waals surface area contributed by atoms with Crippen LogP contribution in [0.5, 0.6) is 5.75 Å². The number of esters is 1. The van der Waals surface area contributed by atoms with Crippen LogP contribution in [0, 0.1) is 18.3 Å². The molecule has 4 rings (SSSR count). The third-order valence-corrected chi connectivity index (χ3v) is 5.67. The van der Waals surface area contributed by atoms with E-state index in [1.54, 1.807) is 6.92 Å². The van der Waals surface area contributed by atoms with Crippen molar-refractivity contribution >= 4 is 27.9 Å². The molecule has 0 aliphatic rings. The van der Waals surface area contributed by atoms with Crippen LogP contribution in [0.1, 0.15) is 29.4 Å². The van der Waals surface area contributed by atoms with Gasteiger partial charge in [-0.3, -0.25) is 0 Å². The molecule has 188 valence electrons. The van der Waals surface area contributed by atoms with Gasteiger partial charge in [0.15, 0.2) is 5.82 Å². The van der Waals surface area contributed by atoms with Crippen LogP contribution < -0.4 is 4.74 Å². The second-order valence-corrected chi connectivity index (χ2v) is 7.83. The molecule has 0 aliphatic heterocycles. The molecule has 2 aromatic heterocycles. The predicted octanol–water partition coefficient (Wildman–Crippen LogP) is 4.91. The van der Waals surface area contributed by atoms with E-state index in [2.05, 4.69) is 19.7 Å². The molecule has 0 radical (unpaired) electrons. The molecule has 36 heavy (non-hydrogen) atoms. The lowest BCUT2D eigenvalue weighted by molar-refractivity contribution is -0.296. The first kappa shape index (κ1) is 25.0. The average Bonchev–Trinajstić information content (AvgIpc) is 3.49. The summed E-state index contributed by atoms with van der Waals surface area (Å²) in [6.07, 6.45) is -7.09. The fraction of sp³-hybridized carbons (Fsp3) is 0.292. The summed E-state index contributed by atoms with van der Waals surface area (Å²) in [4.78, 5) is 21.5. The Hall–Kier alpha value is -4.11. The molecule has 0 fully saturated rings. The molecular weight excluding hydrogens is 484 g/mol. The zero-order chi connectivity index (χ0) is 26.3. The number of nitrogens with zero attached hydrogens (tertiary/aromatic N) is 2. The number of nitriles is 1. The molecule has 2 aromatic carbocycles. The minimum absolute atomic E-state index is 0.0124. The quantitative estimate of drug-likeness (QED) is 0.273. The molecule has 2 heterocycles. The maximum Gasteiger partial charge on any atom is 0.429 e. The predicted molar refractivity (Wildman–Crippen MR) is 120 cm³/mol. The van der Waals surface area contributed by atoms with Gasteiger partial charge in [-0.25, -0.2) is 14.2 Å². The van der Waals surface area contributed by atoms with Crippen LogP contribution >= 0.6 is 0 Å². The fourth-order valence-electron chi connectivity index (χ4n) is 4.13. The third-order valence-electron chi connectivity index (χ3n) is 5.67. The van der Waals surface area contributed by atoms with Crippen molar-refractivity contribution in [1.29, 1.82) is 5.26 Å². The Bertz CT molecular complexity index is 1490. The molecule has 4 aromatic rings. The lowest BCUT2D eigenvalue weighted by Crippen LogP contribution is -2.50. The minimum atomic E-state index is -5.37. The Kier molecular flexibility index (Phi) is 6.36. The van der Waals surface area contributed by atoms with Crippen molar-refractivity contribution in [2.75, 3.05) is 13.7 Å². The number of fused-ring (bicyclic) bond motifs is 2. The van der Waals surface area contributed by atoms with E-state index in [1.165, 1.54) is 43.5 Å². The van der Waals surface area contributed by atoms with Crippen LogP contribution in [-0.4, -0.2) is 47.2 Å². The van der Waals surface area contributed by atoms with Crippen molar-refractivity contribution in [2.45, 2.75) is 32.0 Å². The van der Waals surface area contributed by atoms with Gasteiger partial charge in [-0.1, -0.05) is 0 Å². The van der Waals surface area contributed by atoms with E-state index in [-0.39, 0.29) is 34.3 Å². The Morgan fingerprint density at radius 3 is 2.64 bits per heavy atom. The fourth-order valence-corrected chi connectivity index (χ4v) is 4.13. The summed E-state index contributed by atoms with van der Waals surface area (Å²) in [6, 6.07) is 8.59. The maximum atomic E-state index is 15.3. The summed E-state index contributed by atoms with van der Waals surface area (Å²) in [6.45, 7) is 2.75. The number of aryl methyl sites for hydroxylation is 1. The van der Waals surface area contributed by atoms with Crippen LogP contribution in [0.4, 0.5) is 17.6 Å². The van der Waals surface area contributed by atoms with E-state index in [1.807, 2.05) is 6.07 Å². The summed E-state index contributed by atoms with van der Waals surface area (Å²) in [5.41, 5.74) is -3.11. The summed E-state index contributed by atoms with van der Waals surface area (Å²) < 4.78 is 75.7. The van der Waals surface area contributed by atoms with Crippen molar-refractivity contribution in [3.8, 4) is 11.8 Å². The van der Waals surface area contributed by atoms with Crippen molar-refractivity contribution in [2.24, 2.45) is 0 Å². The second kappa shape index (κ2) is 9.16. The summed E-state index contributed by atoms with van der Waals surface area (Å²) in [5.74, 6) is -2.77. The van der Waals surface area contributed by atoms with Gasteiger partial charge in [0.1, 0.15) is 5.75 Å². The normalized spacial score (nSPS) is 14.4. The van der Waals surface area contributed by atoms with Crippen LogP contribution in [0.25, 0.3) is 21.9 Å². The average molecular weight is 504 g/mol. The number of alkyl halides is 4. The van der Waals surface area contributed by atoms with E-state index >= 15 is 17.6 Å². The standard InChI is InChI=1S/C24H20F4N4O4/c1-4-35-21(33)20(25)36-23(24(26,27)28,22-31-15-6-5-13(11-29)10-16(15)32-22)18-14-7-8-30-19(14)12(2)9-17(18)34-3/h5-10,20,30H,4H2,1-3H3,(H,31,32). The van der Waals surface area contributed by atoms with Crippen LogP contribution in [-0.2, 0) is 19.9 Å². The number of H-pyrrole nitrogens is 2. The molecule has 12 heteroatoms. The summed E-state index contributed by atoms with van der Waals surface area (Å²) in [7, 11) is 1.16. The zero-order valence-corrected chi connectivity index (χ0v) is 19.3. The number of nitrogens with one attached hydrogen (secondary N) is 2. The van der Waals surface area contributed by atoms with Gasteiger partial charge in [0.25, 0.3) is 12.0 Å². The van der Waals surface area contributed by atoms with Gasteiger partial charge < -0.3 is 24.2 Å². The van der Waals surface area contributed by atoms with Crippen molar-refractivity contribution in [3.05, 3.63) is 59.0 Å². The number of halogens is 4. The molecule has 0 bridgehead atoms. The van der Waals surface area contributed by atoms with Gasteiger partial charge in [0.05, 0.1) is 41.9 Å². The van der Waals surface area contributed by atoms with Gasteiger partial charge in [-0.2, -0.15) is 18.4 Å². The SMILES string of the molecule is CCOC(=O)C(F)OC(c1nc2ccc(C#N)cc2[nH]1)(c1c(OC)cc(C)c2[nH]ccc12)C(F)(F)F. The number of aromatic nitrogens is 3. The van der Waals surface area contributed by atoms with Gasteiger partial charge in [-0.15, -0.1) is 0 Å². The Labute approximate surface area is 201 Å². The highest BCUT2D eigenvalue weighted by atomic mass is 19.4. The maximum absolute atomic E-state index is 15.3. The lowest BCUT2D eigenvalue weighted by Gasteiger charge is -2.36. The molecule has 0 spiro atoms. The number of imidazole rings is 1. The smallest absolute Gasteiger partial charge is 0.429 e. The molecule has 2 N–H and O–H groups in total. The van der Waals surface area contributed by atoms with Crippen LogP contribution in [0.15, 0.2) is 36.5 Å². The highest BCUT2D eigenvalue weighted by Crippen LogP contribution is 2.53. The number of hydrogen-bond acceptors (Lipinski definition) is 6. The van der Waals surface area contributed by atoms with E-state index in [4.69, 9.17) is 9.47 Å². The highest BCUT2D eigenvalue weighted by Gasteiger charge is 2.65. The highest BCUT2D eigenvalue weighted by molar-refractivity contribution is 5.90. The number of hydrogen-bond donors (Lipinski definition) is 2. The molecular formula is C24H20F4N4O4. The van der Waals surface area contributed by atoms with Crippen molar-refractivity contribution in [1.82, 2.24) is 15.0 Å². The molecule has 0 aliphatic carbocycles. The summed E-state index contributed by atoms with van der Waals surface area (Å²) >= 11 is 0. The molecule has 2 unspecified atom stereocenters. The first-order valence-corrected chi connectivity index (χ1v) is 10.7. The summed E-state index contributed by atoms with van der Waals surface area (Å²) in [5, 5.41) is 9.19. The van der Waals surface area contributed by atoms with Crippen LogP contribution in [0.2, 0.25) is 0 Å². The first-order valence-electron chi connectivity index (χ1n) is 10.7. The zero-order valence-electron chi connectivity index (χ0n) is 19.3. The van der Waals surface area contributed by atoms with Gasteiger partial charge >= 0.3 is 12.1 Å². The number of rotatable bonds is 7. The number of carbonyl (C=O) groups excluding carboxylic acids is 1. The van der Waals surface area contributed by atoms with Gasteiger partial charge in [0.2, 0.25) is 0 Å². The number of ether oxygens (including phenoxy) is 3. The van der Waals surface area contributed by atoms with E-state index in [0.717, 1.165) is 7.11 Å². The first-order chi connectivity index (χ1) is 17.1. The third kappa shape index (κ3) is 3.91.